The van der Waals surface area contributed by atoms with Gasteiger partial charge in [0.1, 0.15) is 0 Å². The third-order valence-electron chi connectivity index (χ3n) is 5.31. The molecule has 5 heteroatoms. The number of fused-ring (bicyclic) bond motifs is 1. The molecule has 1 aromatic rings. The van der Waals surface area contributed by atoms with Crippen LogP contribution in [0.15, 0.2) is 18.3 Å². The van der Waals surface area contributed by atoms with Crippen LogP contribution >= 0.6 is 0 Å². The summed E-state index contributed by atoms with van der Waals surface area (Å²) in [6.45, 7) is 1.40. The van der Waals surface area contributed by atoms with Crippen LogP contribution in [-0.2, 0) is 15.1 Å². The van der Waals surface area contributed by atoms with Crippen molar-refractivity contribution in [2.45, 2.75) is 37.1 Å². The summed E-state index contributed by atoms with van der Waals surface area (Å²) in [6, 6.07) is 3.73. The number of aliphatic hydroxyl groups is 1. The van der Waals surface area contributed by atoms with Crippen LogP contribution in [0.4, 0.5) is 0 Å². The van der Waals surface area contributed by atoms with Crippen molar-refractivity contribution in [1.29, 1.82) is 0 Å². The molecule has 2 heterocycles. The molecule has 2 saturated carbocycles. The van der Waals surface area contributed by atoms with Gasteiger partial charge in [0.2, 0.25) is 5.88 Å². The highest BCUT2D eigenvalue weighted by Crippen LogP contribution is 2.57. The highest BCUT2D eigenvalue weighted by molar-refractivity contribution is 5.25. The molecule has 3 aliphatic rings. The molecule has 114 valence electrons. The number of hydrogen-bond donors (Lipinski definition) is 1. The van der Waals surface area contributed by atoms with E-state index in [1.165, 1.54) is 0 Å². The zero-order chi connectivity index (χ0) is 14.5. The molecular formula is C16H21NO4. The molecule has 0 bridgehead atoms. The monoisotopic (exact) mass is 291 g/mol. The van der Waals surface area contributed by atoms with E-state index in [0.29, 0.717) is 30.9 Å². The minimum Gasteiger partial charge on any atom is -0.481 e. The summed E-state index contributed by atoms with van der Waals surface area (Å²) in [4.78, 5) is 4.22. The number of nitrogens with zero attached hydrogens (tertiary/aromatic N) is 1. The second kappa shape index (κ2) is 4.66. The number of rotatable bonds is 2. The fourth-order valence-corrected chi connectivity index (χ4v) is 4.39. The zero-order valence-electron chi connectivity index (χ0n) is 12.2. The fraction of sp³-hybridized carbons (Fsp3) is 0.688. The zero-order valence-corrected chi connectivity index (χ0v) is 12.2. The highest BCUT2D eigenvalue weighted by Gasteiger charge is 2.56. The maximum absolute atomic E-state index is 11.0. The smallest absolute Gasteiger partial charge is 0.212 e. The standard InChI is InChI=1S/C16H21NO4/c1-19-14-3-2-13(10-17-14)15(18)6-11-8-16(9-12(11)7-15)20-4-5-21-16/h2-3,10-12,18H,4-9H2,1H3/t11-,12?,15?/m0/s1. The van der Waals surface area contributed by atoms with Crippen molar-refractivity contribution in [2.75, 3.05) is 20.3 Å². The van der Waals surface area contributed by atoms with Gasteiger partial charge in [0.05, 0.1) is 25.9 Å². The second-order valence-electron chi connectivity index (χ2n) is 6.57. The molecule has 1 aliphatic heterocycles. The lowest BCUT2D eigenvalue weighted by Crippen LogP contribution is -2.30. The van der Waals surface area contributed by atoms with Gasteiger partial charge < -0.3 is 19.3 Å². The molecule has 1 N–H and O–H groups in total. The summed E-state index contributed by atoms with van der Waals surface area (Å²) in [5.41, 5.74) is 0.120. The lowest BCUT2D eigenvalue weighted by molar-refractivity contribution is -0.158. The Hall–Kier alpha value is -1.17. The average molecular weight is 291 g/mol. The average Bonchev–Trinajstić information content (AvgIpc) is 3.14. The van der Waals surface area contributed by atoms with Crippen LogP contribution in [0.5, 0.6) is 5.88 Å². The van der Waals surface area contributed by atoms with Crippen molar-refractivity contribution in [3.8, 4) is 5.88 Å². The summed E-state index contributed by atoms with van der Waals surface area (Å²) in [5.74, 6) is 1.16. The van der Waals surface area contributed by atoms with E-state index in [1.54, 1.807) is 13.3 Å². The molecule has 1 aromatic heterocycles. The van der Waals surface area contributed by atoms with Gasteiger partial charge in [-0.05, 0) is 30.7 Å². The van der Waals surface area contributed by atoms with Gasteiger partial charge >= 0.3 is 0 Å². The molecule has 5 nitrogen and oxygen atoms in total. The van der Waals surface area contributed by atoms with E-state index < -0.39 is 5.60 Å². The molecule has 0 amide bonds. The van der Waals surface area contributed by atoms with Gasteiger partial charge in [-0.1, -0.05) is 0 Å². The van der Waals surface area contributed by atoms with Gasteiger partial charge in [-0.15, -0.1) is 0 Å². The van der Waals surface area contributed by atoms with E-state index in [4.69, 9.17) is 14.2 Å². The van der Waals surface area contributed by atoms with Crippen LogP contribution in [0.25, 0.3) is 0 Å². The molecule has 21 heavy (non-hydrogen) atoms. The van der Waals surface area contributed by atoms with E-state index in [1.807, 2.05) is 12.1 Å². The summed E-state index contributed by atoms with van der Waals surface area (Å²) in [7, 11) is 1.59. The quantitative estimate of drug-likeness (QED) is 0.901. The SMILES string of the molecule is COc1ccc(C2(O)CC3CC4(C[C@@H]3C2)OCCO4)cn1. The molecule has 4 rings (SSSR count). The normalized spacial score (nSPS) is 37.0. The molecular weight excluding hydrogens is 270 g/mol. The Labute approximate surface area is 124 Å². The maximum atomic E-state index is 11.0. The first kappa shape index (κ1) is 13.5. The molecule has 1 spiro atoms. The van der Waals surface area contributed by atoms with Crippen molar-refractivity contribution in [1.82, 2.24) is 4.98 Å². The summed E-state index contributed by atoms with van der Waals surface area (Å²) in [6.07, 6.45) is 5.08. The number of aromatic nitrogens is 1. The molecule has 2 aliphatic carbocycles. The first-order valence-electron chi connectivity index (χ1n) is 7.63. The van der Waals surface area contributed by atoms with Crippen LogP contribution < -0.4 is 4.74 Å². The summed E-state index contributed by atoms with van der Waals surface area (Å²) >= 11 is 0. The van der Waals surface area contributed by atoms with E-state index in [-0.39, 0.29) is 5.79 Å². The van der Waals surface area contributed by atoms with Crippen molar-refractivity contribution in [2.24, 2.45) is 11.8 Å². The van der Waals surface area contributed by atoms with Gasteiger partial charge in [-0.3, -0.25) is 0 Å². The molecule has 1 saturated heterocycles. The first-order chi connectivity index (χ1) is 10.1. The minimum absolute atomic E-state index is 0.352. The van der Waals surface area contributed by atoms with Crippen LogP contribution in [0.1, 0.15) is 31.2 Å². The Balaban J connectivity index is 1.51. The Morgan fingerprint density at radius 2 is 1.81 bits per heavy atom. The fourth-order valence-electron chi connectivity index (χ4n) is 4.39. The second-order valence-corrected chi connectivity index (χ2v) is 6.57. The molecule has 0 aromatic carbocycles. The predicted molar refractivity (Wildman–Crippen MR) is 74.8 cm³/mol. The van der Waals surface area contributed by atoms with Crippen molar-refractivity contribution in [3.63, 3.8) is 0 Å². The first-order valence-corrected chi connectivity index (χ1v) is 7.63. The van der Waals surface area contributed by atoms with Gasteiger partial charge in [0.25, 0.3) is 0 Å². The van der Waals surface area contributed by atoms with Crippen molar-refractivity contribution < 1.29 is 19.3 Å². The number of hydrogen-bond acceptors (Lipinski definition) is 5. The Bertz CT molecular complexity index is 508. The Morgan fingerprint density at radius 1 is 1.14 bits per heavy atom. The van der Waals surface area contributed by atoms with Gasteiger partial charge in [-0.25, -0.2) is 4.98 Å². The topological polar surface area (TPSA) is 60.8 Å². The number of methoxy groups -OCH3 is 1. The largest absolute Gasteiger partial charge is 0.481 e. The minimum atomic E-state index is -0.769. The van der Waals surface area contributed by atoms with Gasteiger partial charge in [-0.2, -0.15) is 0 Å². The third kappa shape index (κ3) is 2.15. The summed E-state index contributed by atoms with van der Waals surface area (Å²) < 4.78 is 16.7. The van der Waals surface area contributed by atoms with E-state index in [2.05, 4.69) is 4.98 Å². The van der Waals surface area contributed by atoms with Crippen LogP contribution in [0, 0.1) is 11.8 Å². The van der Waals surface area contributed by atoms with E-state index in [0.717, 1.165) is 31.2 Å². The third-order valence-corrected chi connectivity index (χ3v) is 5.31. The lowest BCUT2D eigenvalue weighted by atomic mass is 9.90. The van der Waals surface area contributed by atoms with E-state index in [9.17, 15) is 5.11 Å². The summed E-state index contributed by atoms with van der Waals surface area (Å²) in [5, 5.41) is 11.0. The van der Waals surface area contributed by atoms with E-state index >= 15 is 0 Å². The van der Waals surface area contributed by atoms with Gasteiger partial charge in [0.15, 0.2) is 5.79 Å². The number of ether oxygens (including phenoxy) is 3. The van der Waals surface area contributed by atoms with Crippen LogP contribution in [0.3, 0.4) is 0 Å². The Morgan fingerprint density at radius 3 is 2.33 bits per heavy atom. The van der Waals surface area contributed by atoms with Crippen molar-refractivity contribution in [3.05, 3.63) is 23.9 Å². The van der Waals surface area contributed by atoms with Crippen LogP contribution in [-0.4, -0.2) is 36.2 Å². The lowest BCUT2D eigenvalue weighted by Gasteiger charge is -2.28. The molecule has 0 radical (unpaired) electrons. The maximum Gasteiger partial charge on any atom is 0.212 e. The molecule has 2 unspecified atom stereocenters. The van der Waals surface area contributed by atoms with Gasteiger partial charge in [0, 0.05) is 30.7 Å². The highest BCUT2D eigenvalue weighted by atomic mass is 16.7. The molecule has 3 fully saturated rings. The molecule has 3 atom stereocenters. The van der Waals surface area contributed by atoms with Crippen molar-refractivity contribution >= 4 is 0 Å². The predicted octanol–water partition coefficient (Wildman–Crippen LogP) is 1.84. The number of pyridine rings is 1. The van der Waals surface area contributed by atoms with Crippen LogP contribution in [0.2, 0.25) is 0 Å². The Kier molecular flexibility index (Phi) is 3.00.